The number of carbonyl (C=O) groups is 2. The average molecular weight is 371 g/mol. The highest BCUT2D eigenvalue weighted by Gasteiger charge is 2.56. The van der Waals surface area contributed by atoms with Crippen LogP contribution in [0, 0.1) is 5.41 Å². The summed E-state index contributed by atoms with van der Waals surface area (Å²) in [6.07, 6.45) is 1.07. The van der Waals surface area contributed by atoms with Crippen molar-refractivity contribution in [2.75, 3.05) is 10.6 Å². The van der Waals surface area contributed by atoms with Gasteiger partial charge in [0.15, 0.2) is 0 Å². The first kappa shape index (κ1) is 18.5. The van der Waals surface area contributed by atoms with E-state index in [0.29, 0.717) is 29.2 Å². The van der Waals surface area contributed by atoms with Crippen LogP contribution >= 0.6 is 11.6 Å². The summed E-state index contributed by atoms with van der Waals surface area (Å²) in [7, 11) is 0. The lowest BCUT2D eigenvalue weighted by Gasteiger charge is -2.20. The molecule has 0 radical (unpaired) electrons. The maximum Gasteiger partial charge on any atom is 0.240 e. The predicted octanol–water partition coefficient (Wildman–Crippen LogP) is 4.99. The zero-order chi connectivity index (χ0) is 18.9. The van der Waals surface area contributed by atoms with Crippen molar-refractivity contribution in [3.05, 3.63) is 59.1 Å². The van der Waals surface area contributed by atoms with Crippen LogP contribution in [0.1, 0.15) is 39.2 Å². The fourth-order valence-electron chi connectivity index (χ4n) is 2.79. The van der Waals surface area contributed by atoms with Gasteiger partial charge in [0.25, 0.3) is 0 Å². The van der Waals surface area contributed by atoms with Gasteiger partial charge in [-0.25, -0.2) is 0 Å². The van der Waals surface area contributed by atoms with Crippen LogP contribution in [0.2, 0.25) is 5.02 Å². The van der Waals surface area contributed by atoms with E-state index in [1.54, 1.807) is 24.3 Å². The van der Waals surface area contributed by atoms with Crippen molar-refractivity contribution in [2.45, 2.75) is 39.0 Å². The second kappa shape index (κ2) is 6.76. The third-order valence-corrected chi connectivity index (χ3v) is 5.08. The molecule has 26 heavy (non-hydrogen) atoms. The fourth-order valence-corrected chi connectivity index (χ4v) is 2.97. The fraction of sp³-hybridized carbons (Fsp3) is 0.333. The van der Waals surface area contributed by atoms with Gasteiger partial charge in [-0.3, -0.25) is 9.59 Å². The van der Waals surface area contributed by atoms with E-state index < -0.39 is 5.41 Å². The Morgan fingerprint density at radius 2 is 1.50 bits per heavy atom. The topological polar surface area (TPSA) is 58.2 Å². The van der Waals surface area contributed by atoms with Crippen LogP contribution < -0.4 is 10.6 Å². The first-order chi connectivity index (χ1) is 12.2. The number of hydrogen-bond donors (Lipinski definition) is 2. The molecule has 0 saturated heterocycles. The van der Waals surface area contributed by atoms with Gasteiger partial charge in [-0.1, -0.05) is 56.6 Å². The number of hydrogen-bond acceptors (Lipinski definition) is 2. The second-order valence-electron chi connectivity index (χ2n) is 7.80. The predicted molar refractivity (Wildman–Crippen MR) is 106 cm³/mol. The third-order valence-electron chi connectivity index (χ3n) is 4.75. The van der Waals surface area contributed by atoms with Gasteiger partial charge >= 0.3 is 0 Å². The lowest BCUT2D eigenvalue weighted by molar-refractivity contribution is -0.131. The van der Waals surface area contributed by atoms with Gasteiger partial charge in [0.05, 0.1) is 10.7 Å². The lowest BCUT2D eigenvalue weighted by atomic mass is 9.87. The molecule has 0 aliphatic heterocycles. The van der Waals surface area contributed by atoms with Crippen LogP contribution in [0.4, 0.5) is 11.4 Å². The van der Waals surface area contributed by atoms with Crippen molar-refractivity contribution in [3.63, 3.8) is 0 Å². The summed E-state index contributed by atoms with van der Waals surface area (Å²) in [6.45, 7) is 6.41. The molecule has 0 heterocycles. The SMILES string of the molecule is CC(C)(C)c1ccc(NC(=O)C2(C(=O)Nc3ccccc3Cl)CC2)cc1. The van der Waals surface area contributed by atoms with Gasteiger partial charge in [0, 0.05) is 5.69 Å². The standard InChI is InChI=1S/C21H23ClN2O2/c1-20(2,3)14-8-10-15(11-9-14)23-18(25)21(12-13-21)19(26)24-17-7-5-4-6-16(17)22/h4-11H,12-13H2,1-3H3,(H,23,25)(H,24,26). The molecule has 1 aliphatic carbocycles. The summed E-state index contributed by atoms with van der Waals surface area (Å²) < 4.78 is 0. The average Bonchev–Trinajstić information content (AvgIpc) is 3.38. The van der Waals surface area contributed by atoms with Crippen molar-refractivity contribution < 1.29 is 9.59 Å². The molecule has 2 aromatic carbocycles. The summed E-state index contributed by atoms with van der Waals surface area (Å²) >= 11 is 6.08. The molecule has 0 atom stereocenters. The Balaban J connectivity index is 1.69. The number of nitrogens with one attached hydrogen (secondary N) is 2. The molecular weight excluding hydrogens is 348 g/mol. The number of amides is 2. The highest BCUT2D eigenvalue weighted by Crippen LogP contribution is 2.47. The van der Waals surface area contributed by atoms with Crippen molar-refractivity contribution in [1.82, 2.24) is 0 Å². The quantitative estimate of drug-likeness (QED) is 0.744. The molecule has 136 valence electrons. The third kappa shape index (κ3) is 3.75. The highest BCUT2D eigenvalue weighted by atomic mass is 35.5. The number of para-hydroxylation sites is 1. The van der Waals surface area contributed by atoms with Crippen LogP contribution in [0.5, 0.6) is 0 Å². The van der Waals surface area contributed by atoms with Crippen molar-refractivity contribution in [3.8, 4) is 0 Å². The van der Waals surface area contributed by atoms with Crippen LogP contribution in [0.25, 0.3) is 0 Å². The summed E-state index contributed by atoms with van der Waals surface area (Å²) in [6, 6.07) is 14.8. The van der Waals surface area contributed by atoms with E-state index in [0.717, 1.165) is 0 Å². The van der Waals surface area contributed by atoms with Crippen LogP contribution in [-0.2, 0) is 15.0 Å². The molecule has 5 heteroatoms. The van der Waals surface area contributed by atoms with Gasteiger partial charge in [-0.2, -0.15) is 0 Å². The van der Waals surface area contributed by atoms with Crippen molar-refractivity contribution in [2.24, 2.45) is 5.41 Å². The van der Waals surface area contributed by atoms with Crippen molar-refractivity contribution >= 4 is 34.8 Å². The normalized spacial score (nSPS) is 15.2. The molecule has 2 amide bonds. The Hall–Kier alpha value is -2.33. The Morgan fingerprint density at radius 1 is 0.923 bits per heavy atom. The van der Waals surface area contributed by atoms with Crippen LogP contribution in [0.15, 0.2) is 48.5 Å². The van der Waals surface area contributed by atoms with Crippen LogP contribution in [0.3, 0.4) is 0 Å². The van der Waals surface area contributed by atoms with E-state index in [9.17, 15) is 9.59 Å². The molecule has 1 fully saturated rings. The van der Waals surface area contributed by atoms with Gasteiger partial charge < -0.3 is 10.6 Å². The number of halogens is 1. The molecule has 1 aliphatic rings. The summed E-state index contributed by atoms with van der Waals surface area (Å²) in [4.78, 5) is 25.3. The Labute approximate surface area is 158 Å². The maximum absolute atomic E-state index is 12.7. The number of rotatable bonds is 4. The minimum absolute atomic E-state index is 0.0507. The Bertz CT molecular complexity index is 834. The molecule has 0 unspecified atom stereocenters. The molecule has 2 N–H and O–H groups in total. The zero-order valence-corrected chi connectivity index (χ0v) is 16.0. The van der Waals surface area contributed by atoms with E-state index >= 15 is 0 Å². The van der Waals surface area contributed by atoms with E-state index in [1.165, 1.54) is 5.56 Å². The monoisotopic (exact) mass is 370 g/mol. The molecule has 0 bridgehead atoms. The van der Waals surface area contributed by atoms with Gasteiger partial charge in [0.2, 0.25) is 11.8 Å². The first-order valence-electron chi connectivity index (χ1n) is 8.70. The minimum Gasteiger partial charge on any atom is -0.325 e. The first-order valence-corrected chi connectivity index (χ1v) is 9.08. The zero-order valence-electron chi connectivity index (χ0n) is 15.2. The lowest BCUT2D eigenvalue weighted by Crippen LogP contribution is -2.35. The largest absolute Gasteiger partial charge is 0.325 e. The molecule has 3 rings (SSSR count). The highest BCUT2D eigenvalue weighted by molar-refractivity contribution is 6.34. The van der Waals surface area contributed by atoms with Gasteiger partial charge in [0.1, 0.15) is 5.41 Å². The van der Waals surface area contributed by atoms with E-state index in [-0.39, 0.29) is 17.2 Å². The smallest absolute Gasteiger partial charge is 0.240 e. The van der Waals surface area contributed by atoms with Gasteiger partial charge in [-0.15, -0.1) is 0 Å². The Morgan fingerprint density at radius 3 is 2.04 bits per heavy atom. The number of anilines is 2. The van der Waals surface area contributed by atoms with Crippen molar-refractivity contribution in [1.29, 1.82) is 0 Å². The van der Waals surface area contributed by atoms with Gasteiger partial charge in [-0.05, 0) is 48.1 Å². The van der Waals surface area contributed by atoms with E-state index in [4.69, 9.17) is 11.6 Å². The maximum atomic E-state index is 12.7. The molecule has 1 saturated carbocycles. The molecule has 0 spiro atoms. The molecule has 2 aromatic rings. The number of benzene rings is 2. The summed E-state index contributed by atoms with van der Waals surface area (Å²) in [5.74, 6) is -0.583. The molecular formula is C21H23ClN2O2. The Kier molecular flexibility index (Phi) is 4.80. The second-order valence-corrected chi connectivity index (χ2v) is 8.20. The van der Waals surface area contributed by atoms with E-state index in [1.807, 2.05) is 24.3 Å². The minimum atomic E-state index is -1.01. The molecule has 4 nitrogen and oxygen atoms in total. The van der Waals surface area contributed by atoms with Crippen LogP contribution in [-0.4, -0.2) is 11.8 Å². The summed E-state index contributed by atoms with van der Waals surface area (Å²) in [5.41, 5.74) is 1.44. The summed E-state index contributed by atoms with van der Waals surface area (Å²) in [5, 5.41) is 6.10. The molecule has 0 aromatic heterocycles. The number of carbonyl (C=O) groups excluding carboxylic acids is 2. The van der Waals surface area contributed by atoms with E-state index in [2.05, 4.69) is 31.4 Å².